The predicted octanol–water partition coefficient (Wildman–Crippen LogP) is 2.28. The van der Waals surface area contributed by atoms with E-state index < -0.39 is 0 Å². The number of carbonyl (C=O) groups is 1. The standard InChI is InChI=1S/C16H24N2O4/c1-20-13-10-14(21-2)12-15(11-13)22-9-6-17-16(19)18-7-4-3-5-8-18/h10-12H,3-9H2,1-2H3,(H,17,19). The molecule has 0 bridgehead atoms. The first kappa shape index (κ1) is 16.3. The lowest BCUT2D eigenvalue weighted by Gasteiger charge is -2.26. The van der Waals surface area contributed by atoms with Crippen molar-refractivity contribution >= 4 is 6.03 Å². The number of urea groups is 1. The van der Waals surface area contributed by atoms with Crippen LogP contribution in [0.15, 0.2) is 18.2 Å². The Kier molecular flexibility index (Phi) is 6.18. The minimum atomic E-state index is -0.00785. The molecule has 0 radical (unpaired) electrons. The number of nitrogens with zero attached hydrogens (tertiary/aromatic N) is 1. The number of rotatable bonds is 6. The summed E-state index contributed by atoms with van der Waals surface area (Å²) < 4.78 is 16.0. The molecule has 6 nitrogen and oxygen atoms in total. The van der Waals surface area contributed by atoms with Gasteiger partial charge in [-0.3, -0.25) is 0 Å². The molecule has 2 rings (SSSR count). The normalized spacial score (nSPS) is 14.4. The van der Waals surface area contributed by atoms with E-state index in [9.17, 15) is 4.79 Å². The van der Waals surface area contributed by atoms with Crippen molar-refractivity contribution in [1.82, 2.24) is 10.2 Å². The van der Waals surface area contributed by atoms with Gasteiger partial charge in [-0.05, 0) is 19.3 Å². The van der Waals surface area contributed by atoms with E-state index in [0.717, 1.165) is 25.9 Å². The van der Waals surface area contributed by atoms with Crippen molar-refractivity contribution in [2.24, 2.45) is 0 Å². The summed E-state index contributed by atoms with van der Waals surface area (Å²) in [6.45, 7) is 2.56. The lowest BCUT2D eigenvalue weighted by molar-refractivity contribution is 0.183. The van der Waals surface area contributed by atoms with Crippen molar-refractivity contribution in [3.63, 3.8) is 0 Å². The van der Waals surface area contributed by atoms with Crippen LogP contribution < -0.4 is 19.5 Å². The van der Waals surface area contributed by atoms with Gasteiger partial charge in [0.15, 0.2) is 0 Å². The van der Waals surface area contributed by atoms with Crippen molar-refractivity contribution < 1.29 is 19.0 Å². The van der Waals surface area contributed by atoms with Crippen LogP contribution in [0.4, 0.5) is 4.79 Å². The Hall–Kier alpha value is -2.11. The number of piperidine rings is 1. The summed E-state index contributed by atoms with van der Waals surface area (Å²) in [6, 6.07) is 5.35. The van der Waals surface area contributed by atoms with Crippen molar-refractivity contribution in [3.05, 3.63) is 18.2 Å². The van der Waals surface area contributed by atoms with E-state index in [4.69, 9.17) is 14.2 Å². The highest BCUT2D eigenvalue weighted by atomic mass is 16.5. The molecule has 1 heterocycles. The van der Waals surface area contributed by atoms with Crippen LogP contribution >= 0.6 is 0 Å². The van der Waals surface area contributed by atoms with Gasteiger partial charge >= 0.3 is 6.03 Å². The van der Waals surface area contributed by atoms with Crippen LogP contribution in [0.25, 0.3) is 0 Å². The molecular weight excluding hydrogens is 284 g/mol. The fourth-order valence-electron chi connectivity index (χ4n) is 2.40. The Labute approximate surface area is 131 Å². The molecular formula is C16H24N2O4. The van der Waals surface area contributed by atoms with Crippen LogP contribution in [-0.2, 0) is 0 Å². The molecule has 1 fully saturated rings. The van der Waals surface area contributed by atoms with Crippen molar-refractivity contribution in [2.75, 3.05) is 40.5 Å². The number of benzene rings is 1. The summed E-state index contributed by atoms with van der Waals surface area (Å²) in [5.41, 5.74) is 0. The van der Waals surface area contributed by atoms with Crippen molar-refractivity contribution in [3.8, 4) is 17.2 Å². The number of amides is 2. The Bertz CT molecular complexity index is 465. The number of ether oxygens (including phenoxy) is 3. The predicted molar refractivity (Wildman–Crippen MR) is 83.9 cm³/mol. The molecule has 122 valence electrons. The first-order valence-corrected chi connectivity index (χ1v) is 7.61. The molecule has 6 heteroatoms. The second-order valence-electron chi connectivity index (χ2n) is 5.18. The molecule has 1 aliphatic rings. The topological polar surface area (TPSA) is 60.0 Å². The number of hydrogen-bond acceptors (Lipinski definition) is 4. The van der Waals surface area contributed by atoms with Crippen LogP contribution in [0, 0.1) is 0 Å². The maximum Gasteiger partial charge on any atom is 0.317 e. The highest BCUT2D eigenvalue weighted by Gasteiger charge is 2.15. The third-order valence-corrected chi connectivity index (χ3v) is 3.62. The van der Waals surface area contributed by atoms with Gasteiger partial charge < -0.3 is 24.4 Å². The average Bonchev–Trinajstić information content (AvgIpc) is 2.58. The van der Waals surface area contributed by atoms with Crippen LogP contribution in [0.3, 0.4) is 0 Å². The van der Waals surface area contributed by atoms with Gasteiger partial charge in [-0.2, -0.15) is 0 Å². The number of carbonyl (C=O) groups excluding carboxylic acids is 1. The van der Waals surface area contributed by atoms with Gasteiger partial charge in [-0.15, -0.1) is 0 Å². The summed E-state index contributed by atoms with van der Waals surface area (Å²) in [7, 11) is 3.19. The summed E-state index contributed by atoms with van der Waals surface area (Å²) >= 11 is 0. The van der Waals surface area contributed by atoms with E-state index in [-0.39, 0.29) is 6.03 Å². The van der Waals surface area contributed by atoms with Gasteiger partial charge in [-0.25, -0.2) is 4.79 Å². The minimum Gasteiger partial charge on any atom is -0.496 e. The maximum absolute atomic E-state index is 11.9. The van der Waals surface area contributed by atoms with Gasteiger partial charge in [0.25, 0.3) is 0 Å². The lowest BCUT2D eigenvalue weighted by Crippen LogP contribution is -2.43. The molecule has 1 aromatic carbocycles. The van der Waals surface area contributed by atoms with Crippen LogP contribution in [0.5, 0.6) is 17.2 Å². The Morgan fingerprint density at radius 1 is 1.05 bits per heavy atom. The molecule has 2 amide bonds. The summed E-state index contributed by atoms with van der Waals surface area (Å²) in [5.74, 6) is 2.00. The minimum absolute atomic E-state index is 0.00785. The van der Waals surface area contributed by atoms with E-state index in [0.29, 0.717) is 30.4 Å². The molecule has 0 aliphatic carbocycles. The molecule has 0 spiro atoms. The summed E-state index contributed by atoms with van der Waals surface area (Å²) in [4.78, 5) is 13.8. The van der Waals surface area contributed by atoms with Crippen LogP contribution in [0.2, 0.25) is 0 Å². The van der Waals surface area contributed by atoms with Gasteiger partial charge in [0.1, 0.15) is 23.9 Å². The molecule has 1 saturated heterocycles. The summed E-state index contributed by atoms with van der Waals surface area (Å²) in [6.07, 6.45) is 3.39. The Morgan fingerprint density at radius 2 is 1.64 bits per heavy atom. The van der Waals surface area contributed by atoms with E-state index >= 15 is 0 Å². The highest BCUT2D eigenvalue weighted by molar-refractivity contribution is 5.74. The van der Waals surface area contributed by atoms with Crippen LogP contribution in [-0.4, -0.2) is 51.4 Å². The van der Waals surface area contributed by atoms with Gasteiger partial charge in [-0.1, -0.05) is 0 Å². The van der Waals surface area contributed by atoms with E-state index in [1.165, 1.54) is 6.42 Å². The van der Waals surface area contributed by atoms with Gasteiger partial charge in [0.05, 0.1) is 20.8 Å². The zero-order valence-electron chi connectivity index (χ0n) is 13.3. The maximum atomic E-state index is 11.9. The fraction of sp³-hybridized carbons (Fsp3) is 0.562. The zero-order valence-corrected chi connectivity index (χ0v) is 13.3. The second kappa shape index (κ2) is 8.36. The highest BCUT2D eigenvalue weighted by Crippen LogP contribution is 2.27. The van der Waals surface area contributed by atoms with Crippen molar-refractivity contribution in [2.45, 2.75) is 19.3 Å². The average molecular weight is 308 g/mol. The number of hydrogen-bond donors (Lipinski definition) is 1. The third-order valence-electron chi connectivity index (χ3n) is 3.62. The number of nitrogens with one attached hydrogen (secondary N) is 1. The quantitative estimate of drug-likeness (QED) is 0.819. The van der Waals surface area contributed by atoms with E-state index in [2.05, 4.69) is 5.32 Å². The molecule has 1 aliphatic heterocycles. The fourth-order valence-corrected chi connectivity index (χ4v) is 2.40. The largest absolute Gasteiger partial charge is 0.496 e. The zero-order chi connectivity index (χ0) is 15.8. The number of methoxy groups -OCH3 is 2. The molecule has 0 atom stereocenters. The van der Waals surface area contributed by atoms with E-state index in [1.54, 1.807) is 32.4 Å². The summed E-state index contributed by atoms with van der Waals surface area (Å²) in [5, 5.41) is 2.88. The third kappa shape index (κ3) is 4.72. The van der Waals surface area contributed by atoms with Crippen molar-refractivity contribution in [1.29, 1.82) is 0 Å². The molecule has 0 saturated carbocycles. The molecule has 22 heavy (non-hydrogen) atoms. The molecule has 0 aromatic heterocycles. The first-order chi connectivity index (χ1) is 10.7. The second-order valence-corrected chi connectivity index (χ2v) is 5.18. The van der Waals surface area contributed by atoms with E-state index in [1.807, 2.05) is 4.90 Å². The molecule has 1 N–H and O–H groups in total. The monoisotopic (exact) mass is 308 g/mol. The van der Waals surface area contributed by atoms with Gasteiger partial charge in [0, 0.05) is 31.3 Å². The lowest BCUT2D eigenvalue weighted by atomic mass is 10.1. The molecule has 1 aromatic rings. The van der Waals surface area contributed by atoms with Crippen LogP contribution in [0.1, 0.15) is 19.3 Å². The SMILES string of the molecule is COc1cc(OC)cc(OCCNC(=O)N2CCCCC2)c1. The number of likely N-dealkylation sites (tertiary alicyclic amines) is 1. The Morgan fingerprint density at radius 3 is 2.23 bits per heavy atom. The first-order valence-electron chi connectivity index (χ1n) is 7.61. The Balaban J connectivity index is 1.75. The smallest absolute Gasteiger partial charge is 0.317 e. The molecule has 0 unspecified atom stereocenters. The van der Waals surface area contributed by atoms with Gasteiger partial charge in [0.2, 0.25) is 0 Å².